The first-order valence-corrected chi connectivity index (χ1v) is 3.55. The van der Waals surface area contributed by atoms with Crippen LogP contribution in [0, 0.1) is 0 Å². The Kier molecular flexibility index (Phi) is 2.28. The van der Waals surface area contributed by atoms with Crippen molar-refractivity contribution in [3.63, 3.8) is 0 Å². The topological polar surface area (TPSA) is 35.5 Å². The van der Waals surface area contributed by atoms with Gasteiger partial charge in [-0.05, 0) is 17.5 Å². The monoisotopic (exact) mass is 158 g/mol. The highest BCUT2D eigenvalue weighted by molar-refractivity contribution is 7.11. The zero-order valence-electron chi connectivity index (χ0n) is 5.37. The molecule has 0 aliphatic heterocycles. The van der Waals surface area contributed by atoms with Gasteiger partial charge in [0.1, 0.15) is 0 Å². The van der Waals surface area contributed by atoms with Crippen molar-refractivity contribution < 1.29 is 14.6 Å². The molecule has 0 fully saturated rings. The molecule has 0 spiro atoms. The van der Waals surface area contributed by atoms with E-state index in [1.54, 1.807) is 6.07 Å². The molecule has 1 aromatic heterocycles. The van der Waals surface area contributed by atoms with E-state index in [0.717, 1.165) is 0 Å². The lowest BCUT2D eigenvalue weighted by atomic mass is 10.7. The molecule has 0 radical (unpaired) electrons. The third kappa shape index (κ3) is 2.06. The van der Waals surface area contributed by atoms with Crippen LogP contribution in [0.25, 0.3) is 0 Å². The lowest BCUT2D eigenvalue weighted by Gasteiger charge is -1.95. The molecule has 0 aliphatic carbocycles. The van der Waals surface area contributed by atoms with E-state index in [0.29, 0.717) is 5.06 Å². The molecule has 0 amide bonds. The molecule has 0 aromatic carbocycles. The van der Waals surface area contributed by atoms with Crippen LogP contribution in [0.4, 0.5) is 0 Å². The van der Waals surface area contributed by atoms with Gasteiger partial charge in [-0.3, -0.25) is 4.89 Å². The summed E-state index contributed by atoms with van der Waals surface area (Å²) in [7, 11) is 0. The van der Waals surface area contributed by atoms with Crippen LogP contribution >= 0.6 is 11.3 Å². The molecule has 0 N–H and O–H groups in total. The molecule has 3 nitrogen and oxygen atoms in total. The van der Waals surface area contributed by atoms with Gasteiger partial charge in [0.05, 0.1) is 0 Å². The summed E-state index contributed by atoms with van der Waals surface area (Å²) in [5.74, 6) is -0.451. The van der Waals surface area contributed by atoms with E-state index in [4.69, 9.17) is 0 Å². The van der Waals surface area contributed by atoms with Crippen molar-refractivity contribution in [2.75, 3.05) is 0 Å². The van der Waals surface area contributed by atoms with Gasteiger partial charge in [-0.25, -0.2) is 9.68 Å². The fourth-order valence-corrected chi connectivity index (χ4v) is 0.932. The molecule has 0 bridgehead atoms. The molecule has 1 heterocycles. The van der Waals surface area contributed by atoms with Crippen molar-refractivity contribution in [3.8, 4) is 5.06 Å². The largest absolute Gasteiger partial charge is 0.352 e. The molecule has 0 aliphatic rings. The van der Waals surface area contributed by atoms with Crippen LogP contribution in [-0.4, -0.2) is 5.97 Å². The summed E-state index contributed by atoms with van der Waals surface area (Å²) < 4.78 is 0. The van der Waals surface area contributed by atoms with Gasteiger partial charge in [-0.1, -0.05) is 0 Å². The molecule has 0 unspecified atom stereocenters. The van der Waals surface area contributed by atoms with Crippen molar-refractivity contribution in [3.05, 3.63) is 17.5 Å². The molecule has 4 heteroatoms. The van der Waals surface area contributed by atoms with E-state index >= 15 is 0 Å². The lowest BCUT2D eigenvalue weighted by molar-refractivity contribution is -0.209. The maximum atomic E-state index is 10.2. The van der Waals surface area contributed by atoms with E-state index < -0.39 is 5.97 Å². The SMILES string of the molecule is CC(=O)OOc1cccs1. The Hall–Kier alpha value is -1.03. The minimum Gasteiger partial charge on any atom is -0.276 e. The Balaban J connectivity index is 2.35. The third-order valence-corrected chi connectivity index (χ3v) is 1.47. The molecule has 1 aromatic rings. The first-order chi connectivity index (χ1) is 4.79. The van der Waals surface area contributed by atoms with Crippen molar-refractivity contribution in [2.45, 2.75) is 6.92 Å². The van der Waals surface area contributed by atoms with Gasteiger partial charge in [0.25, 0.3) is 0 Å². The van der Waals surface area contributed by atoms with Gasteiger partial charge >= 0.3 is 5.97 Å². The standard InChI is InChI=1S/C6H6O3S/c1-5(7)8-9-6-3-2-4-10-6/h2-4H,1H3. The predicted molar refractivity (Wildman–Crippen MR) is 36.7 cm³/mol. The van der Waals surface area contributed by atoms with Gasteiger partial charge in [0, 0.05) is 6.92 Å². The van der Waals surface area contributed by atoms with Crippen LogP contribution in [0.3, 0.4) is 0 Å². The Morgan fingerprint density at radius 3 is 3.00 bits per heavy atom. The summed E-state index contributed by atoms with van der Waals surface area (Å²) in [5.41, 5.74) is 0. The number of carbonyl (C=O) groups is 1. The Morgan fingerprint density at radius 1 is 1.70 bits per heavy atom. The molecule has 54 valence electrons. The molecule has 0 atom stereocenters. The minimum atomic E-state index is -0.451. The quantitative estimate of drug-likeness (QED) is 0.484. The van der Waals surface area contributed by atoms with Crippen LogP contribution in [0.2, 0.25) is 0 Å². The van der Waals surface area contributed by atoms with Gasteiger partial charge in [-0.2, -0.15) is 0 Å². The first kappa shape index (κ1) is 7.08. The Labute approximate surface area is 62.1 Å². The van der Waals surface area contributed by atoms with Crippen molar-refractivity contribution in [2.24, 2.45) is 0 Å². The zero-order chi connectivity index (χ0) is 7.40. The van der Waals surface area contributed by atoms with E-state index in [1.807, 2.05) is 11.4 Å². The molecule has 0 saturated heterocycles. The number of thiophene rings is 1. The summed E-state index contributed by atoms with van der Waals surface area (Å²) in [5, 5.41) is 2.41. The average molecular weight is 158 g/mol. The van der Waals surface area contributed by atoms with Crippen LogP contribution in [0.5, 0.6) is 5.06 Å². The van der Waals surface area contributed by atoms with Crippen LogP contribution < -0.4 is 4.89 Å². The zero-order valence-corrected chi connectivity index (χ0v) is 6.18. The summed E-state index contributed by atoms with van der Waals surface area (Å²) in [6.45, 7) is 1.29. The maximum Gasteiger partial charge on any atom is 0.352 e. The molecule has 0 saturated carbocycles. The number of hydrogen-bond acceptors (Lipinski definition) is 4. The highest BCUT2D eigenvalue weighted by Gasteiger charge is 1.96. The summed E-state index contributed by atoms with van der Waals surface area (Å²) in [4.78, 5) is 19.0. The van der Waals surface area contributed by atoms with E-state index in [2.05, 4.69) is 9.78 Å². The highest BCUT2D eigenvalue weighted by Crippen LogP contribution is 2.17. The lowest BCUT2D eigenvalue weighted by Crippen LogP contribution is -2.01. The molecular weight excluding hydrogens is 152 g/mol. The van der Waals surface area contributed by atoms with Crippen molar-refractivity contribution in [1.29, 1.82) is 0 Å². The number of rotatable bonds is 2. The fraction of sp³-hybridized carbons (Fsp3) is 0.167. The van der Waals surface area contributed by atoms with Gasteiger partial charge in [0.15, 0.2) is 0 Å². The van der Waals surface area contributed by atoms with E-state index in [-0.39, 0.29) is 0 Å². The normalized spacial score (nSPS) is 8.90. The predicted octanol–water partition coefficient (Wildman–Crippen LogP) is 1.60. The third-order valence-electron chi connectivity index (χ3n) is 0.736. The van der Waals surface area contributed by atoms with Crippen LogP contribution in [0.15, 0.2) is 17.5 Å². The second-order valence-corrected chi connectivity index (χ2v) is 2.50. The number of hydrogen-bond donors (Lipinski definition) is 0. The summed E-state index contributed by atoms with van der Waals surface area (Å²) in [6.07, 6.45) is 0. The maximum absolute atomic E-state index is 10.2. The highest BCUT2D eigenvalue weighted by atomic mass is 32.1. The summed E-state index contributed by atoms with van der Waals surface area (Å²) >= 11 is 1.37. The van der Waals surface area contributed by atoms with Gasteiger partial charge in [0.2, 0.25) is 5.06 Å². The summed E-state index contributed by atoms with van der Waals surface area (Å²) in [6, 6.07) is 3.52. The van der Waals surface area contributed by atoms with E-state index in [9.17, 15) is 4.79 Å². The Morgan fingerprint density at radius 2 is 2.50 bits per heavy atom. The van der Waals surface area contributed by atoms with Crippen molar-refractivity contribution >= 4 is 17.3 Å². The average Bonchev–Trinajstić information content (AvgIpc) is 2.34. The molecule has 1 rings (SSSR count). The minimum absolute atomic E-state index is 0.451. The number of carbonyl (C=O) groups excluding carboxylic acids is 1. The second kappa shape index (κ2) is 3.22. The smallest absolute Gasteiger partial charge is 0.276 e. The van der Waals surface area contributed by atoms with Crippen molar-refractivity contribution in [1.82, 2.24) is 0 Å². The van der Waals surface area contributed by atoms with Crippen LogP contribution in [-0.2, 0) is 9.68 Å². The second-order valence-electron chi connectivity index (χ2n) is 1.59. The molecular formula is C6H6O3S. The van der Waals surface area contributed by atoms with Crippen LogP contribution in [0.1, 0.15) is 6.92 Å². The molecule has 10 heavy (non-hydrogen) atoms. The van der Waals surface area contributed by atoms with E-state index in [1.165, 1.54) is 18.3 Å². The van der Waals surface area contributed by atoms with Gasteiger partial charge < -0.3 is 0 Å². The fourth-order valence-electron chi connectivity index (χ4n) is 0.411. The van der Waals surface area contributed by atoms with Gasteiger partial charge in [-0.15, -0.1) is 11.3 Å². The Bertz CT molecular complexity index is 205. The first-order valence-electron chi connectivity index (χ1n) is 2.67.